The number of hydrogen-bond acceptors (Lipinski definition) is 7. The van der Waals surface area contributed by atoms with Crippen molar-refractivity contribution in [2.45, 2.75) is 38.3 Å². The number of rotatable bonds is 8. The van der Waals surface area contributed by atoms with Gasteiger partial charge in [0.1, 0.15) is 5.75 Å². The topological polar surface area (TPSA) is 91.2 Å². The Kier molecular flexibility index (Phi) is 8.53. The third kappa shape index (κ3) is 5.68. The lowest BCUT2D eigenvalue weighted by molar-refractivity contribution is 0.0758. The Morgan fingerprint density at radius 1 is 1.00 bits per heavy atom. The van der Waals surface area contributed by atoms with Crippen molar-refractivity contribution in [2.75, 3.05) is 70.9 Å². The van der Waals surface area contributed by atoms with E-state index in [4.69, 9.17) is 4.74 Å². The number of aromatic nitrogens is 2. The van der Waals surface area contributed by atoms with Crippen molar-refractivity contribution in [3.8, 4) is 5.75 Å². The zero-order valence-electron chi connectivity index (χ0n) is 21.6. The summed E-state index contributed by atoms with van der Waals surface area (Å²) in [6, 6.07) is 7.82. The molecule has 2 aliphatic heterocycles. The number of nitrogens with zero attached hydrogens (tertiary/aromatic N) is 6. The minimum Gasteiger partial charge on any atom is -0.492 e. The Labute approximate surface area is 214 Å². The van der Waals surface area contributed by atoms with Gasteiger partial charge in [-0.1, -0.05) is 19.1 Å². The van der Waals surface area contributed by atoms with Crippen LogP contribution in [0.4, 0.5) is 5.69 Å². The Hall–Kier alpha value is -2.63. The van der Waals surface area contributed by atoms with Crippen molar-refractivity contribution < 1.29 is 17.9 Å². The molecule has 1 amide bonds. The van der Waals surface area contributed by atoms with Gasteiger partial charge in [0.25, 0.3) is 15.9 Å². The molecule has 2 aliphatic rings. The maximum Gasteiger partial charge on any atom is 0.263 e. The molecule has 2 aromatic rings. The molecule has 0 radical (unpaired) electrons. The van der Waals surface area contributed by atoms with E-state index in [0.29, 0.717) is 52.4 Å². The lowest BCUT2D eigenvalue weighted by Gasteiger charge is -2.35. The summed E-state index contributed by atoms with van der Waals surface area (Å²) in [5, 5.41) is 4.29. The van der Waals surface area contributed by atoms with Crippen LogP contribution in [0.25, 0.3) is 0 Å². The number of benzene rings is 1. The lowest BCUT2D eigenvalue weighted by atomic mass is 10.2. The van der Waals surface area contributed by atoms with Crippen LogP contribution >= 0.6 is 0 Å². The molecular weight excluding hydrogens is 480 g/mol. The summed E-state index contributed by atoms with van der Waals surface area (Å²) in [6.07, 6.45) is 3.27. The van der Waals surface area contributed by atoms with Crippen molar-refractivity contribution in [2.24, 2.45) is 0 Å². The highest BCUT2D eigenvalue weighted by atomic mass is 32.2. The van der Waals surface area contributed by atoms with E-state index in [1.165, 1.54) is 4.31 Å². The van der Waals surface area contributed by atoms with E-state index in [0.717, 1.165) is 37.4 Å². The Morgan fingerprint density at radius 3 is 2.47 bits per heavy atom. The third-order valence-electron chi connectivity index (χ3n) is 6.75. The summed E-state index contributed by atoms with van der Waals surface area (Å²) in [7, 11) is -1.90. The molecule has 10 nitrogen and oxygen atoms in total. The molecule has 0 saturated carbocycles. The van der Waals surface area contributed by atoms with Crippen molar-refractivity contribution in [3.05, 3.63) is 36.0 Å². The quantitative estimate of drug-likeness (QED) is 0.528. The van der Waals surface area contributed by atoms with E-state index in [-0.39, 0.29) is 16.5 Å². The van der Waals surface area contributed by atoms with Crippen LogP contribution in [-0.4, -0.2) is 104 Å². The number of piperazine rings is 1. The van der Waals surface area contributed by atoms with Gasteiger partial charge in [0.15, 0.2) is 0 Å². The van der Waals surface area contributed by atoms with Gasteiger partial charge >= 0.3 is 0 Å². The van der Waals surface area contributed by atoms with E-state index in [2.05, 4.69) is 14.9 Å². The molecule has 0 aliphatic carbocycles. The fourth-order valence-corrected chi connectivity index (χ4v) is 6.31. The molecule has 1 aromatic carbocycles. The highest BCUT2D eigenvalue weighted by Crippen LogP contribution is 2.30. The Balaban J connectivity index is 1.55. The average Bonchev–Trinajstić information content (AvgIpc) is 3.19. The molecule has 0 unspecified atom stereocenters. The second-order valence-corrected chi connectivity index (χ2v) is 11.2. The largest absolute Gasteiger partial charge is 0.492 e. The first-order valence-electron chi connectivity index (χ1n) is 12.9. The molecule has 0 N–H and O–H groups in total. The summed E-state index contributed by atoms with van der Waals surface area (Å²) in [5.74, 6) is 0.543. The van der Waals surface area contributed by atoms with Crippen LogP contribution in [-0.2, 0) is 16.6 Å². The summed E-state index contributed by atoms with van der Waals surface area (Å²) < 4.78 is 36.4. The number of amides is 1. The Bertz CT molecular complexity index is 1140. The molecule has 198 valence electrons. The fourth-order valence-electron chi connectivity index (χ4n) is 4.79. The third-order valence-corrected chi connectivity index (χ3v) is 8.58. The molecule has 0 atom stereocenters. The number of anilines is 1. The summed E-state index contributed by atoms with van der Waals surface area (Å²) in [4.78, 5) is 19.6. The van der Waals surface area contributed by atoms with Crippen LogP contribution in [0, 0.1) is 0 Å². The van der Waals surface area contributed by atoms with Gasteiger partial charge in [-0.3, -0.25) is 9.48 Å². The molecular formula is C25H38N6O4S. The molecule has 36 heavy (non-hydrogen) atoms. The van der Waals surface area contributed by atoms with Crippen LogP contribution in [0.15, 0.2) is 35.5 Å². The van der Waals surface area contributed by atoms with Crippen molar-refractivity contribution >= 4 is 21.6 Å². The summed E-state index contributed by atoms with van der Waals surface area (Å²) >= 11 is 0. The molecule has 11 heteroatoms. The number of aryl methyl sites for hydroxylation is 1. The van der Waals surface area contributed by atoms with Crippen LogP contribution in [0.3, 0.4) is 0 Å². The van der Waals surface area contributed by atoms with Crippen molar-refractivity contribution in [1.29, 1.82) is 0 Å². The number of sulfonamides is 1. The van der Waals surface area contributed by atoms with Gasteiger partial charge in [-0.05, 0) is 45.5 Å². The van der Waals surface area contributed by atoms with Gasteiger partial charge in [-0.2, -0.15) is 9.40 Å². The van der Waals surface area contributed by atoms with Gasteiger partial charge in [0, 0.05) is 58.6 Å². The number of carbonyl (C=O) groups excluding carboxylic acids is 1. The molecule has 0 bridgehead atoms. The van der Waals surface area contributed by atoms with Gasteiger partial charge in [-0.25, -0.2) is 8.42 Å². The first-order valence-corrected chi connectivity index (χ1v) is 14.3. The predicted octanol–water partition coefficient (Wildman–Crippen LogP) is 1.98. The van der Waals surface area contributed by atoms with Crippen molar-refractivity contribution in [3.63, 3.8) is 0 Å². The standard InChI is InChI=1S/C25H38N6O4S/c1-4-11-30-20-21(25(32)29-13-8-12-27(3)14-15-29)24(26-30)36(33,34)31-18-16-28(17-19-31)22-9-6-7-10-23(22)35-5-2/h6-7,9-10,20H,4-5,8,11-19H2,1-3H3. The normalized spacial score (nSPS) is 18.3. The molecule has 1 aromatic heterocycles. The predicted molar refractivity (Wildman–Crippen MR) is 139 cm³/mol. The maximum absolute atomic E-state index is 13.8. The fraction of sp³-hybridized carbons (Fsp3) is 0.600. The number of ether oxygens (including phenoxy) is 1. The second-order valence-electron chi connectivity index (χ2n) is 9.35. The number of hydrogen-bond donors (Lipinski definition) is 0. The zero-order chi connectivity index (χ0) is 25.7. The highest BCUT2D eigenvalue weighted by Gasteiger charge is 2.36. The lowest BCUT2D eigenvalue weighted by Crippen LogP contribution is -2.49. The SMILES string of the molecule is CCCn1cc(C(=O)N2CCCN(C)CC2)c(S(=O)(=O)N2CCN(c3ccccc3OCC)CC2)n1. The van der Waals surface area contributed by atoms with Crippen molar-refractivity contribution in [1.82, 2.24) is 23.9 Å². The van der Waals surface area contributed by atoms with Gasteiger partial charge < -0.3 is 19.4 Å². The molecule has 4 rings (SSSR count). The number of para-hydroxylation sites is 2. The monoisotopic (exact) mass is 518 g/mol. The van der Waals surface area contributed by atoms with Crippen LogP contribution in [0.2, 0.25) is 0 Å². The first kappa shape index (κ1) is 26.4. The second kappa shape index (κ2) is 11.6. The van der Waals surface area contributed by atoms with Gasteiger partial charge in [0.05, 0.1) is 17.9 Å². The minimum absolute atomic E-state index is 0.123. The van der Waals surface area contributed by atoms with E-state index < -0.39 is 10.0 Å². The van der Waals surface area contributed by atoms with Gasteiger partial charge in [0.2, 0.25) is 5.03 Å². The van der Waals surface area contributed by atoms with Crippen LogP contribution < -0.4 is 9.64 Å². The summed E-state index contributed by atoms with van der Waals surface area (Å²) in [5.41, 5.74) is 1.14. The molecule has 0 spiro atoms. The van der Waals surface area contributed by atoms with Crippen LogP contribution in [0.1, 0.15) is 37.0 Å². The maximum atomic E-state index is 13.8. The average molecular weight is 519 g/mol. The van der Waals surface area contributed by atoms with E-state index in [1.807, 2.05) is 45.2 Å². The minimum atomic E-state index is -3.93. The zero-order valence-corrected chi connectivity index (χ0v) is 22.4. The van der Waals surface area contributed by atoms with E-state index in [1.54, 1.807) is 15.8 Å². The van der Waals surface area contributed by atoms with Gasteiger partial charge in [-0.15, -0.1) is 0 Å². The molecule has 2 fully saturated rings. The first-order chi connectivity index (χ1) is 17.3. The highest BCUT2D eigenvalue weighted by molar-refractivity contribution is 7.89. The van der Waals surface area contributed by atoms with E-state index >= 15 is 0 Å². The Morgan fingerprint density at radius 2 is 1.75 bits per heavy atom. The molecule has 2 saturated heterocycles. The summed E-state index contributed by atoms with van der Waals surface area (Å²) in [6.45, 7) is 9.62. The number of carbonyl (C=O) groups is 1. The van der Waals surface area contributed by atoms with E-state index in [9.17, 15) is 13.2 Å². The molecule has 3 heterocycles. The smallest absolute Gasteiger partial charge is 0.263 e. The van der Waals surface area contributed by atoms with Crippen LogP contribution in [0.5, 0.6) is 5.75 Å². The number of likely N-dealkylation sites (N-methyl/N-ethyl adjacent to an activating group) is 1.